The molecular weight excluding hydrogens is 379 g/mol. The van der Waals surface area contributed by atoms with Crippen molar-refractivity contribution >= 4 is 46.0 Å². The lowest BCUT2D eigenvalue weighted by Gasteiger charge is -2.17. The largest absolute Gasteiger partial charge is 0.459 e. The van der Waals surface area contributed by atoms with Gasteiger partial charge < -0.3 is 4.74 Å². The third kappa shape index (κ3) is 6.38. The minimum absolute atomic E-state index is 0.00589. The summed E-state index contributed by atoms with van der Waals surface area (Å²) in [6.07, 6.45) is 0.240. The number of carbonyl (C=O) groups is 2. The molecule has 0 bridgehead atoms. The molecule has 0 saturated carbocycles. The van der Waals surface area contributed by atoms with Crippen molar-refractivity contribution in [2.75, 3.05) is 0 Å². The van der Waals surface area contributed by atoms with E-state index in [1.807, 2.05) is 13.8 Å². The van der Waals surface area contributed by atoms with Gasteiger partial charge in [0, 0.05) is 20.9 Å². The molecule has 0 heterocycles. The fourth-order valence-electron chi connectivity index (χ4n) is 2.30. The van der Waals surface area contributed by atoms with Crippen molar-refractivity contribution in [1.82, 2.24) is 0 Å². The molecule has 6 heteroatoms. The van der Waals surface area contributed by atoms with Gasteiger partial charge in [0.15, 0.2) is 0 Å². The van der Waals surface area contributed by atoms with Crippen LogP contribution in [0.25, 0.3) is 0 Å². The molecule has 0 N–H and O–H groups in total. The summed E-state index contributed by atoms with van der Waals surface area (Å²) in [6.45, 7) is 3.74. The third-order valence-electron chi connectivity index (χ3n) is 3.40. The predicted molar refractivity (Wildman–Crippen MR) is 104 cm³/mol. The summed E-state index contributed by atoms with van der Waals surface area (Å²) < 4.78 is 5.43. The van der Waals surface area contributed by atoms with Crippen LogP contribution in [0.3, 0.4) is 0 Å². The van der Waals surface area contributed by atoms with Gasteiger partial charge in [-0.2, -0.15) is 0 Å². The highest BCUT2D eigenvalue weighted by Gasteiger charge is 2.18. The number of ether oxygens (including phenoxy) is 1. The van der Waals surface area contributed by atoms with E-state index in [1.165, 1.54) is 11.8 Å². The van der Waals surface area contributed by atoms with Gasteiger partial charge in [0.2, 0.25) is 5.12 Å². The number of hydrogen-bond donors (Lipinski definition) is 0. The first-order chi connectivity index (χ1) is 11.8. The Kier molecular flexibility index (Phi) is 7.36. The van der Waals surface area contributed by atoms with Gasteiger partial charge in [0.1, 0.15) is 6.10 Å². The second-order valence-electron chi connectivity index (χ2n) is 5.69. The minimum Gasteiger partial charge on any atom is -0.459 e. The molecule has 0 aromatic heterocycles. The van der Waals surface area contributed by atoms with E-state index < -0.39 is 5.97 Å². The van der Waals surface area contributed by atoms with E-state index >= 15 is 0 Å². The molecular formula is C19H18Cl2O3S. The van der Waals surface area contributed by atoms with Crippen LogP contribution in [-0.2, 0) is 4.74 Å². The average molecular weight is 397 g/mol. The number of rotatable bonds is 6. The molecule has 0 fully saturated rings. The van der Waals surface area contributed by atoms with Crippen LogP contribution in [-0.4, -0.2) is 22.4 Å². The molecule has 2 unspecified atom stereocenters. The predicted octanol–water partition coefficient (Wildman–Crippen LogP) is 5.89. The fourth-order valence-corrected chi connectivity index (χ4v) is 3.67. The Bertz CT molecular complexity index is 700. The van der Waals surface area contributed by atoms with Crippen LogP contribution >= 0.6 is 35.0 Å². The molecule has 0 aliphatic carbocycles. The van der Waals surface area contributed by atoms with Crippen molar-refractivity contribution in [1.29, 1.82) is 0 Å². The monoisotopic (exact) mass is 396 g/mol. The maximum atomic E-state index is 12.3. The number of thioether (sulfide) groups is 1. The summed E-state index contributed by atoms with van der Waals surface area (Å²) in [7, 11) is 0. The van der Waals surface area contributed by atoms with E-state index in [9.17, 15) is 9.59 Å². The molecule has 0 spiro atoms. The quantitative estimate of drug-likeness (QED) is 0.570. The fraction of sp³-hybridized carbons (Fsp3) is 0.263. The van der Waals surface area contributed by atoms with Crippen molar-refractivity contribution in [3.63, 3.8) is 0 Å². The van der Waals surface area contributed by atoms with Gasteiger partial charge in [0.25, 0.3) is 0 Å². The smallest absolute Gasteiger partial charge is 0.338 e. The van der Waals surface area contributed by atoms with E-state index in [1.54, 1.807) is 48.5 Å². The maximum absolute atomic E-state index is 12.3. The summed E-state index contributed by atoms with van der Waals surface area (Å²) in [5.41, 5.74) is 0.975. The zero-order valence-electron chi connectivity index (χ0n) is 13.9. The van der Waals surface area contributed by atoms with Crippen LogP contribution in [0, 0.1) is 0 Å². The molecule has 3 nitrogen and oxygen atoms in total. The molecule has 0 aliphatic rings. The molecule has 0 aliphatic heterocycles. The summed E-state index contributed by atoms with van der Waals surface area (Å²) in [5, 5.41) is 0.957. The number of benzene rings is 2. The van der Waals surface area contributed by atoms with E-state index in [2.05, 4.69) is 0 Å². The van der Waals surface area contributed by atoms with Gasteiger partial charge >= 0.3 is 5.97 Å². The Morgan fingerprint density at radius 2 is 1.56 bits per heavy atom. The van der Waals surface area contributed by atoms with Gasteiger partial charge in [-0.25, -0.2) is 4.79 Å². The van der Waals surface area contributed by atoms with Gasteiger partial charge in [-0.15, -0.1) is 0 Å². The summed E-state index contributed by atoms with van der Waals surface area (Å²) in [4.78, 5) is 24.4. The second kappa shape index (κ2) is 9.27. The highest BCUT2D eigenvalue weighted by molar-refractivity contribution is 8.14. The lowest BCUT2D eigenvalue weighted by atomic mass is 10.2. The van der Waals surface area contributed by atoms with Crippen molar-refractivity contribution in [3.8, 4) is 0 Å². The number of hydrogen-bond acceptors (Lipinski definition) is 4. The van der Waals surface area contributed by atoms with Crippen LogP contribution in [0.5, 0.6) is 0 Å². The minimum atomic E-state index is -0.423. The third-order valence-corrected chi connectivity index (χ3v) is 4.92. The van der Waals surface area contributed by atoms with E-state index in [-0.39, 0.29) is 16.5 Å². The summed E-state index contributed by atoms with van der Waals surface area (Å²) >= 11 is 13.0. The van der Waals surface area contributed by atoms with Gasteiger partial charge in [-0.05, 0) is 43.7 Å². The van der Waals surface area contributed by atoms with E-state index in [4.69, 9.17) is 27.9 Å². The molecule has 2 rings (SSSR count). The first kappa shape index (κ1) is 19.8. The summed E-state index contributed by atoms with van der Waals surface area (Å²) in [6, 6.07) is 13.5. The van der Waals surface area contributed by atoms with Crippen LogP contribution in [0.4, 0.5) is 0 Å². The zero-order chi connectivity index (χ0) is 18.4. The Balaban J connectivity index is 1.86. The number of carbonyl (C=O) groups excluding carboxylic acids is 2. The maximum Gasteiger partial charge on any atom is 0.338 e. The Morgan fingerprint density at radius 1 is 1.00 bits per heavy atom. The van der Waals surface area contributed by atoms with Gasteiger partial charge in [-0.1, -0.05) is 60.1 Å². The molecule has 0 saturated heterocycles. The first-order valence-electron chi connectivity index (χ1n) is 7.78. The lowest BCUT2D eigenvalue weighted by molar-refractivity contribution is 0.0326. The molecule has 0 amide bonds. The highest BCUT2D eigenvalue weighted by atomic mass is 35.5. The number of halogens is 2. The summed E-state index contributed by atoms with van der Waals surface area (Å²) in [5.74, 6) is -0.423. The Labute approximate surface area is 161 Å². The molecule has 0 radical (unpaired) electrons. The van der Waals surface area contributed by atoms with E-state index in [0.717, 1.165) is 0 Å². The molecule has 25 heavy (non-hydrogen) atoms. The highest BCUT2D eigenvalue weighted by Crippen LogP contribution is 2.24. The normalized spacial score (nSPS) is 13.1. The van der Waals surface area contributed by atoms with Crippen LogP contribution in [0.15, 0.2) is 48.5 Å². The van der Waals surface area contributed by atoms with Crippen LogP contribution < -0.4 is 0 Å². The van der Waals surface area contributed by atoms with Crippen LogP contribution in [0.2, 0.25) is 10.0 Å². The molecule has 2 aromatic carbocycles. The van der Waals surface area contributed by atoms with Crippen molar-refractivity contribution < 1.29 is 14.3 Å². The van der Waals surface area contributed by atoms with Crippen molar-refractivity contribution in [3.05, 3.63) is 69.7 Å². The molecule has 2 aromatic rings. The standard InChI is InChI=1S/C19H18Cl2O3S/c1-12(24-18(22)14-5-3-7-16(20)10-14)9-13(2)25-19(23)15-6-4-8-17(21)11-15/h3-8,10-13H,9H2,1-2H3. The second-order valence-corrected chi connectivity index (χ2v) is 7.97. The Morgan fingerprint density at radius 3 is 2.16 bits per heavy atom. The van der Waals surface area contributed by atoms with Crippen molar-refractivity contribution in [2.24, 2.45) is 0 Å². The van der Waals surface area contributed by atoms with Gasteiger partial charge in [-0.3, -0.25) is 4.79 Å². The lowest BCUT2D eigenvalue weighted by Crippen LogP contribution is -2.19. The average Bonchev–Trinajstić information content (AvgIpc) is 2.54. The zero-order valence-corrected chi connectivity index (χ0v) is 16.2. The SMILES string of the molecule is CC(CC(C)SC(=O)c1cccc(Cl)c1)OC(=O)c1cccc(Cl)c1. The first-order valence-corrected chi connectivity index (χ1v) is 9.42. The van der Waals surface area contributed by atoms with Crippen LogP contribution in [0.1, 0.15) is 41.0 Å². The van der Waals surface area contributed by atoms with Crippen molar-refractivity contribution in [2.45, 2.75) is 31.6 Å². The topological polar surface area (TPSA) is 43.4 Å². The van der Waals surface area contributed by atoms with Gasteiger partial charge in [0.05, 0.1) is 5.56 Å². The molecule has 2 atom stereocenters. The van der Waals surface area contributed by atoms with E-state index in [0.29, 0.717) is 27.6 Å². The number of esters is 1. The molecule has 132 valence electrons. The Hall–Kier alpha value is -1.49.